The number of furan rings is 1. The van der Waals surface area contributed by atoms with Crippen molar-refractivity contribution in [3.63, 3.8) is 0 Å². The second-order valence-corrected chi connectivity index (χ2v) is 4.98. The Hall–Kier alpha value is -1.94. The van der Waals surface area contributed by atoms with Crippen LogP contribution in [0.5, 0.6) is 11.5 Å². The van der Waals surface area contributed by atoms with Crippen molar-refractivity contribution in [3.8, 4) is 11.5 Å². The molecule has 3 aromatic rings. The van der Waals surface area contributed by atoms with Gasteiger partial charge in [0.1, 0.15) is 29.4 Å². The monoisotopic (exact) mass is 318 g/mol. The summed E-state index contributed by atoms with van der Waals surface area (Å²) in [4.78, 5) is 0. The predicted molar refractivity (Wildman–Crippen MR) is 76.4 cm³/mol. The number of aromatic hydroxyl groups is 1. The maximum atomic E-state index is 9.71. The van der Waals surface area contributed by atoms with Crippen molar-refractivity contribution >= 4 is 26.9 Å². The summed E-state index contributed by atoms with van der Waals surface area (Å²) in [5, 5.41) is 10.4. The van der Waals surface area contributed by atoms with Crippen molar-refractivity contribution < 1.29 is 14.3 Å². The number of ether oxygens (including phenoxy) is 1. The van der Waals surface area contributed by atoms with E-state index >= 15 is 0 Å². The first-order chi connectivity index (χ1) is 9.24. The van der Waals surface area contributed by atoms with Gasteiger partial charge in [-0.25, -0.2) is 0 Å². The van der Waals surface area contributed by atoms with Gasteiger partial charge in [0.15, 0.2) is 0 Å². The molecule has 0 aliphatic rings. The highest BCUT2D eigenvalue weighted by atomic mass is 79.9. The topological polar surface area (TPSA) is 42.6 Å². The predicted octanol–water partition coefficient (Wildman–Crippen LogP) is 4.48. The molecule has 0 unspecified atom stereocenters. The van der Waals surface area contributed by atoms with Gasteiger partial charge in [-0.1, -0.05) is 18.2 Å². The molecule has 1 aromatic heterocycles. The van der Waals surface area contributed by atoms with Gasteiger partial charge in [-0.15, -0.1) is 0 Å². The third-order valence-corrected chi connectivity index (χ3v) is 3.45. The van der Waals surface area contributed by atoms with E-state index in [0.29, 0.717) is 23.3 Å². The SMILES string of the molecule is Oc1cccc2oc(COc3ccccc3Br)cc12. The van der Waals surface area contributed by atoms with Crippen LogP contribution >= 0.6 is 15.9 Å². The van der Waals surface area contributed by atoms with Crippen LogP contribution < -0.4 is 4.74 Å². The standard InChI is InChI=1S/C15H11BrO3/c16-12-4-1-2-6-15(12)18-9-10-8-11-13(17)5-3-7-14(11)19-10/h1-8,17H,9H2. The number of hydrogen-bond donors (Lipinski definition) is 1. The van der Waals surface area contributed by atoms with E-state index in [1.807, 2.05) is 30.3 Å². The van der Waals surface area contributed by atoms with Gasteiger partial charge in [0.25, 0.3) is 0 Å². The Kier molecular flexibility index (Phi) is 3.17. The van der Waals surface area contributed by atoms with Crippen LogP contribution in [0.2, 0.25) is 0 Å². The molecule has 0 spiro atoms. The summed E-state index contributed by atoms with van der Waals surface area (Å²) < 4.78 is 12.2. The van der Waals surface area contributed by atoms with Crippen LogP contribution in [-0.4, -0.2) is 5.11 Å². The number of phenolic OH excluding ortho intramolecular Hbond substituents is 1. The molecule has 1 heterocycles. The molecule has 0 saturated heterocycles. The molecule has 0 fully saturated rings. The van der Waals surface area contributed by atoms with Gasteiger partial charge in [0.2, 0.25) is 0 Å². The van der Waals surface area contributed by atoms with Gasteiger partial charge in [0, 0.05) is 0 Å². The summed E-state index contributed by atoms with van der Waals surface area (Å²) in [7, 11) is 0. The molecule has 0 bridgehead atoms. The number of phenols is 1. The Bertz CT molecular complexity index is 718. The average Bonchev–Trinajstić information content (AvgIpc) is 2.82. The van der Waals surface area contributed by atoms with E-state index in [-0.39, 0.29) is 5.75 Å². The molecule has 3 rings (SSSR count). The Morgan fingerprint density at radius 3 is 2.74 bits per heavy atom. The minimum Gasteiger partial charge on any atom is -0.507 e. The molecule has 0 aliphatic heterocycles. The number of halogens is 1. The second kappa shape index (κ2) is 4.97. The van der Waals surface area contributed by atoms with Crippen LogP contribution in [0, 0.1) is 0 Å². The van der Waals surface area contributed by atoms with Crippen molar-refractivity contribution in [1.82, 2.24) is 0 Å². The zero-order valence-electron chi connectivity index (χ0n) is 9.97. The summed E-state index contributed by atoms with van der Waals surface area (Å²) in [6.45, 7) is 0.316. The molecular weight excluding hydrogens is 308 g/mol. The fourth-order valence-corrected chi connectivity index (χ4v) is 2.28. The number of para-hydroxylation sites is 1. The number of benzene rings is 2. The molecular formula is C15H11BrO3. The van der Waals surface area contributed by atoms with Gasteiger partial charge in [0.05, 0.1) is 9.86 Å². The van der Waals surface area contributed by atoms with Crippen LogP contribution in [0.4, 0.5) is 0 Å². The van der Waals surface area contributed by atoms with Gasteiger partial charge in [-0.2, -0.15) is 0 Å². The van der Waals surface area contributed by atoms with Crippen molar-refractivity contribution in [2.45, 2.75) is 6.61 Å². The van der Waals surface area contributed by atoms with E-state index in [1.54, 1.807) is 18.2 Å². The maximum Gasteiger partial charge on any atom is 0.146 e. The largest absolute Gasteiger partial charge is 0.507 e. The molecule has 0 amide bonds. The first-order valence-corrected chi connectivity index (χ1v) is 6.61. The lowest BCUT2D eigenvalue weighted by atomic mass is 10.2. The normalized spacial score (nSPS) is 10.8. The Balaban J connectivity index is 1.83. The van der Waals surface area contributed by atoms with Crippen LogP contribution in [0.25, 0.3) is 11.0 Å². The lowest BCUT2D eigenvalue weighted by Gasteiger charge is -2.05. The highest BCUT2D eigenvalue weighted by Crippen LogP contribution is 2.29. The van der Waals surface area contributed by atoms with Gasteiger partial charge >= 0.3 is 0 Å². The van der Waals surface area contributed by atoms with Gasteiger partial charge in [-0.3, -0.25) is 0 Å². The van der Waals surface area contributed by atoms with Crippen molar-refractivity contribution in [1.29, 1.82) is 0 Å². The lowest BCUT2D eigenvalue weighted by Crippen LogP contribution is -1.93. The average molecular weight is 319 g/mol. The highest BCUT2D eigenvalue weighted by molar-refractivity contribution is 9.10. The molecule has 0 radical (unpaired) electrons. The second-order valence-electron chi connectivity index (χ2n) is 4.12. The summed E-state index contributed by atoms with van der Waals surface area (Å²) in [6.07, 6.45) is 0. The molecule has 0 saturated carbocycles. The minimum atomic E-state index is 0.216. The molecule has 19 heavy (non-hydrogen) atoms. The zero-order chi connectivity index (χ0) is 13.2. The third kappa shape index (κ3) is 2.44. The van der Waals surface area contributed by atoms with E-state index in [4.69, 9.17) is 9.15 Å². The minimum absolute atomic E-state index is 0.216. The quantitative estimate of drug-likeness (QED) is 0.774. The van der Waals surface area contributed by atoms with Crippen LogP contribution in [0.1, 0.15) is 5.76 Å². The first kappa shape index (κ1) is 12.1. The zero-order valence-corrected chi connectivity index (χ0v) is 11.6. The highest BCUT2D eigenvalue weighted by Gasteiger charge is 2.08. The number of hydrogen-bond acceptors (Lipinski definition) is 3. The van der Waals surface area contributed by atoms with E-state index in [9.17, 15) is 5.11 Å². The summed E-state index contributed by atoms with van der Waals surface area (Å²) in [5.41, 5.74) is 0.658. The van der Waals surface area contributed by atoms with Crippen molar-refractivity contribution in [2.75, 3.05) is 0 Å². The summed E-state index contributed by atoms with van der Waals surface area (Å²) in [6, 6.07) is 14.6. The van der Waals surface area contributed by atoms with Crippen molar-refractivity contribution in [3.05, 3.63) is 58.8 Å². The van der Waals surface area contributed by atoms with Gasteiger partial charge in [-0.05, 0) is 46.3 Å². The van der Waals surface area contributed by atoms with Crippen LogP contribution in [0.15, 0.2) is 57.4 Å². The van der Waals surface area contributed by atoms with E-state index in [1.165, 1.54) is 0 Å². The van der Waals surface area contributed by atoms with E-state index in [0.717, 1.165) is 10.2 Å². The van der Waals surface area contributed by atoms with E-state index < -0.39 is 0 Å². The fourth-order valence-electron chi connectivity index (χ4n) is 1.88. The smallest absolute Gasteiger partial charge is 0.146 e. The molecule has 4 heteroatoms. The van der Waals surface area contributed by atoms with Crippen molar-refractivity contribution in [2.24, 2.45) is 0 Å². The van der Waals surface area contributed by atoms with Crippen LogP contribution in [-0.2, 0) is 6.61 Å². The number of rotatable bonds is 3. The Labute approximate surface area is 118 Å². The molecule has 0 atom stereocenters. The van der Waals surface area contributed by atoms with Crippen LogP contribution in [0.3, 0.4) is 0 Å². The Morgan fingerprint density at radius 2 is 1.95 bits per heavy atom. The first-order valence-electron chi connectivity index (χ1n) is 5.82. The lowest BCUT2D eigenvalue weighted by molar-refractivity contribution is 0.273. The summed E-state index contributed by atoms with van der Waals surface area (Å²) >= 11 is 3.42. The molecule has 0 aliphatic carbocycles. The molecule has 1 N–H and O–H groups in total. The third-order valence-electron chi connectivity index (χ3n) is 2.80. The van der Waals surface area contributed by atoms with E-state index in [2.05, 4.69) is 15.9 Å². The summed E-state index contributed by atoms with van der Waals surface area (Å²) in [5.74, 6) is 1.65. The number of fused-ring (bicyclic) bond motifs is 1. The molecule has 2 aromatic carbocycles. The van der Waals surface area contributed by atoms with Gasteiger partial charge < -0.3 is 14.3 Å². The Morgan fingerprint density at radius 1 is 1.11 bits per heavy atom. The maximum absolute atomic E-state index is 9.71. The molecule has 3 nitrogen and oxygen atoms in total. The molecule has 96 valence electrons. The fraction of sp³-hybridized carbons (Fsp3) is 0.0667.